The summed E-state index contributed by atoms with van der Waals surface area (Å²) >= 11 is 0. The van der Waals surface area contributed by atoms with Gasteiger partial charge in [-0.25, -0.2) is 0 Å². The third-order valence-corrected chi connectivity index (χ3v) is 2.80. The molecule has 1 aromatic carbocycles. The van der Waals surface area contributed by atoms with Crippen molar-refractivity contribution in [3.63, 3.8) is 0 Å². The lowest BCUT2D eigenvalue weighted by Gasteiger charge is -2.16. The van der Waals surface area contributed by atoms with E-state index in [1.165, 1.54) is 0 Å². The van der Waals surface area contributed by atoms with E-state index in [1.807, 2.05) is 13.8 Å². The minimum Gasteiger partial charge on any atom is -0.380 e. The van der Waals surface area contributed by atoms with Gasteiger partial charge in [-0.2, -0.15) is 0 Å². The predicted octanol–water partition coefficient (Wildman–Crippen LogP) is 1.05. The van der Waals surface area contributed by atoms with Crippen molar-refractivity contribution >= 4 is 16.5 Å². The summed E-state index contributed by atoms with van der Waals surface area (Å²) in [5.41, 5.74) is 0.00840. The quantitative estimate of drug-likeness (QED) is 0.752. The van der Waals surface area contributed by atoms with Crippen LogP contribution < -0.4 is 16.4 Å². The van der Waals surface area contributed by atoms with Crippen molar-refractivity contribution in [1.29, 1.82) is 0 Å². The van der Waals surface area contributed by atoms with Crippen LogP contribution >= 0.6 is 0 Å². The number of H-pyrrole nitrogens is 2. The van der Waals surface area contributed by atoms with Gasteiger partial charge in [-0.15, -0.1) is 0 Å². The maximum atomic E-state index is 11.9. The van der Waals surface area contributed by atoms with E-state index in [0.29, 0.717) is 29.7 Å². The SMILES string of the molecule is CCOCC(C)Nc1cccc2c(=O)[nH][nH]c(=O)c12. The van der Waals surface area contributed by atoms with Gasteiger partial charge >= 0.3 is 0 Å². The molecule has 1 aromatic heterocycles. The lowest BCUT2D eigenvalue weighted by atomic mass is 10.1. The summed E-state index contributed by atoms with van der Waals surface area (Å²) in [5, 5.41) is 8.58. The van der Waals surface area contributed by atoms with Gasteiger partial charge in [0, 0.05) is 18.3 Å². The number of fused-ring (bicyclic) bond motifs is 1. The van der Waals surface area contributed by atoms with Crippen molar-refractivity contribution in [2.45, 2.75) is 19.9 Å². The smallest absolute Gasteiger partial charge is 0.272 e. The van der Waals surface area contributed by atoms with E-state index in [9.17, 15) is 9.59 Å². The van der Waals surface area contributed by atoms with Gasteiger partial charge in [0.15, 0.2) is 0 Å². The third kappa shape index (κ3) is 2.85. The molecule has 0 fully saturated rings. The van der Waals surface area contributed by atoms with E-state index in [1.54, 1.807) is 18.2 Å². The van der Waals surface area contributed by atoms with Crippen LogP contribution in [-0.2, 0) is 4.74 Å². The summed E-state index contributed by atoms with van der Waals surface area (Å²) in [7, 11) is 0. The van der Waals surface area contributed by atoms with Crippen molar-refractivity contribution in [2.75, 3.05) is 18.5 Å². The Balaban J connectivity index is 2.41. The molecule has 6 heteroatoms. The average Bonchev–Trinajstić information content (AvgIpc) is 2.41. The number of rotatable bonds is 5. The van der Waals surface area contributed by atoms with Gasteiger partial charge in [-0.3, -0.25) is 19.8 Å². The van der Waals surface area contributed by atoms with E-state index in [0.717, 1.165) is 0 Å². The second kappa shape index (κ2) is 5.71. The Morgan fingerprint density at radius 2 is 2.00 bits per heavy atom. The molecule has 1 heterocycles. The largest absolute Gasteiger partial charge is 0.380 e. The molecule has 0 bridgehead atoms. The highest BCUT2D eigenvalue weighted by molar-refractivity contribution is 5.92. The highest BCUT2D eigenvalue weighted by atomic mass is 16.5. The molecule has 0 aliphatic rings. The normalized spacial score (nSPS) is 12.5. The van der Waals surface area contributed by atoms with Gasteiger partial charge in [0.25, 0.3) is 11.1 Å². The van der Waals surface area contributed by atoms with Crippen molar-refractivity contribution in [3.05, 3.63) is 38.9 Å². The van der Waals surface area contributed by atoms with E-state index in [4.69, 9.17) is 4.74 Å². The topological polar surface area (TPSA) is 87.0 Å². The number of ether oxygens (including phenoxy) is 1. The lowest BCUT2D eigenvalue weighted by molar-refractivity contribution is 0.141. The van der Waals surface area contributed by atoms with Crippen LogP contribution in [-0.4, -0.2) is 29.5 Å². The number of nitrogens with one attached hydrogen (secondary N) is 3. The fraction of sp³-hybridized carbons (Fsp3) is 0.385. The van der Waals surface area contributed by atoms with Crippen LogP contribution in [0.5, 0.6) is 0 Å². The van der Waals surface area contributed by atoms with Crippen LogP contribution in [0, 0.1) is 0 Å². The van der Waals surface area contributed by atoms with Crippen molar-refractivity contribution in [3.8, 4) is 0 Å². The van der Waals surface area contributed by atoms with Crippen LogP contribution in [0.25, 0.3) is 10.8 Å². The maximum Gasteiger partial charge on any atom is 0.272 e. The first-order valence-corrected chi connectivity index (χ1v) is 6.21. The van der Waals surface area contributed by atoms with Gasteiger partial charge in [-0.05, 0) is 26.0 Å². The van der Waals surface area contributed by atoms with E-state index in [-0.39, 0.29) is 17.2 Å². The first-order valence-electron chi connectivity index (χ1n) is 6.21. The molecule has 0 aliphatic heterocycles. The Labute approximate surface area is 109 Å². The van der Waals surface area contributed by atoms with Crippen LogP contribution in [0.2, 0.25) is 0 Å². The zero-order valence-corrected chi connectivity index (χ0v) is 10.9. The van der Waals surface area contributed by atoms with Crippen molar-refractivity contribution < 1.29 is 4.74 Å². The van der Waals surface area contributed by atoms with Crippen molar-refractivity contribution in [1.82, 2.24) is 10.2 Å². The zero-order valence-electron chi connectivity index (χ0n) is 10.9. The zero-order chi connectivity index (χ0) is 13.8. The molecule has 0 amide bonds. The fourth-order valence-corrected chi connectivity index (χ4v) is 1.95. The number of benzene rings is 1. The van der Waals surface area contributed by atoms with E-state index < -0.39 is 0 Å². The summed E-state index contributed by atoms with van der Waals surface area (Å²) in [4.78, 5) is 23.5. The van der Waals surface area contributed by atoms with Crippen LogP contribution in [0.3, 0.4) is 0 Å². The molecule has 102 valence electrons. The minimum atomic E-state index is -0.318. The number of anilines is 1. The number of hydrogen-bond acceptors (Lipinski definition) is 4. The Hall–Kier alpha value is -2.08. The summed E-state index contributed by atoms with van der Waals surface area (Å²) in [6, 6.07) is 5.19. The third-order valence-electron chi connectivity index (χ3n) is 2.80. The second-order valence-corrected chi connectivity index (χ2v) is 4.34. The standard InChI is InChI=1S/C13H17N3O3/c1-3-19-7-8(2)14-10-6-4-5-9-11(10)13(18)16-15-12(9)17/h4-6,8,14H,3,7H2,1-2H3,(H,15,17)(H,16,18). The summed E-state index contributed by atoms with van der Waals surface area (Å²) in [6.45, 7) is 5.06. The summed E-state index contributed by atoms with van der Waals surface area (Å²) in [5.74, 6) is 0. The minimum absolute atomic E-state index is 0.0456. The molecule has 1 unspecified atom stereocenters. The molecular formula is C13H17N3O3. The van der Waals surface area contributed by atoms with Crippen LogP contribution in [0.15, 0.2) is 27.8 Å². The van der Waals surface area contributed by atoms with Crippen LogP contribution in [0.4, 0.5) is 5.69 Å². The lowest BCUT2D eigenvalue weighted by Crippen LogP contribution is -2.25. The number of aromatic nitrogens is 2. The molecule has 0 saturated heterocycles. The first kappa shape index (κ1) is 13.4. The van der Waals surface area contributed by atoms with Crippen molar-refractivity contribution in [2.24, 2.45) is 0 Å². The fourth-order valence-electron chi connectivity index (χ4n) is 1.95. The van der Waals surface area contributed by atoms with Gasteiger partial charge in [0.1, 0.15) is 0 Å². The average molecular weight is 263 g/mol. The molecule has 19 heavy (non-hydrogen) atoms. The number of hydrogen-bond donors (Lipinski definition) is 3. The van der Waals surface area contributed by atoms with E-state index >= 15 is 0 Å². The molecule has 0 radical (unpaired) electrons. The molecule has 2 aromatic rings. The van der Waals surface area contributed by atoms with Crippen LogP contribution in [0.1, 0.15) is 13.8 Å². The second-order valence-electron chi connectivity index (χ2n) is 4.34. The monoisotopic (exact) mass is 263 g/mol. The Morgan fingerprint density at radius 1 is 1.26 bits per heavy atom. The molecule has 0 spiro atoms. The Bertz CT molecular complexity index is 675. The van der Waals surface area contributed by atoms with Gasteiger partial charge in [0.05, 0.1) is 17.4 Å². The maximum absolute atomic E-state index is 11.9. The number of aromatic amines is 2. The Morgan fingerprint density at radius 3 is 2.74 bits per heavy atom. The van der Waals surface area contributed by atoms with Gasteiger partial charge < -0.3 is 10.1 Å². The highest BCUT2D eigenvalue weighted by Crippen LogP contribution is 2.17. The summed E-state index contributed by atoms with van der Waals surface area (Å²) in [6.07, 6.45) is 0. The first-order chi connectivity index (χ1) is 9.13. The highest BCUT2D eigenvalue weighted by Gasteiger charge is 2.10. The molecule has 0 aliphatic carbocycles. The molecule has 6 nitrogen and oxygen atoms in total. The van der Waals surface area contributed by atoms with Gasteiger partial charge in [0.2, 0.25) is 0 Å². The predicted molar refractivity (Wildman–Crippen MR) is 74.8 cm³/mol. The molecule has 2 rings (SSSR count). The molecule has 0 saturated carbocycles. The van der Waals surface area contributed by atoms with E-state index in [2.05, 4.69) is 15.5 Å². The molecular weight excluding hydrogens is 246 g/mol. The molecule has 3 N–H and O–H groups in total. The molecule has 1 atom stereocenters. The summed E-state index contributed by atoms with van der Waals surface area (Å²) < 4.78 is 5.32. The Kier molecular flexibility index (Phi) is 4.01. The van der Waals surface area contributed by atoms with Gasteiger partial charge in [-0.1, -0.05) is 6.07 Å².